The van der Waals surface area contributed by atoms with Crippen LogP contribution in [0, 0.1) is 0 Å². The van der Waals surface area contributed by atoms with Crippen LogP contribution in [0.4, 0.5) is 18.0 Å². The van der Waals surface area contributed by atoms with Gasteiger partial charge in [0.1, 0.15) is 5.82 Å². The van der Waals surface area contributed by atoms with Gasteiger partial charge in [0.05, 0.1) is 24.2 Å². The predicted octanol–water partition coefficient (Wildman–Crippen LogP) is 6.08. The van der Waals surface area contributed by atoms with E-state index in [1.54, 1.807) is 29.2 Å². The fraction of sp³-hybridized carbons (Fsp3) is 0.276. The molecule has 1 amide bonds. The quantitative estimate of drug-likeness (QED) is 0.270. The van der Waals surface area contributed by atoms with Crippen LogP contribution in [0.1, 0.15) is 42.6 Å². The van der Waals surface area contributed by atoms with E-state index < -0.39 is 24.0 Å². The SMILES string of the molecule is CC(C)c1ccccc1-c1ncc2cnn(Cc3ccc(-c4nc(C(F)(F)F)cn4C4CN(C(=O)O)C4)cc3)c2n1. The van der Waals surface area contributed by atoms with Crippen molar-refractivity contribution >= 4 is 17.1 Å². The third kappa shape index (κ3) is 5.01. The van der Waals surface area contributed by atoms with Gasteiger partial charge in [-0.2, -0.15) is 18.3 Å². The zero-order valence-corrected chi connectivity index (χ0v) is 22.2. The summed E-state index contributed by atoms with van der Waals surface area (Å²) < 4.78 is 43.7. The molecule has 1 aliphatic heterocycles. The van der Waals surface area contributed by atoms with Gasteiger partial charge in [-0.15, -0.1) is 0 Å². The fourth-order valence-electron chi connectivity index (χ4n) is 5.06. The number of hydrogen-bond donors (Lipinski definition) is 1. The van der Waals surface area contributed by atoms with Gasteiger partial charge in [0.15, 0.2) is 17.2 Å². The number of amides is 1. The molecule has 3 aromatic heterocycles. The van der Waals surface area contributed by atoms with Crippen molar-refractivity contribution < 1.29 is 23.1 Å². The molecule has 210 valence electrons. The molecule has 1 saturated heterocycles. The third-order valence-corrected chi connectivity index (χ3v) is 7.29. The number of carbonyl (C=O) groups is 1. The lowest BCUT2D eigenvalue weighted by Crippen LogP contribution is -2.50. The van der Waals surface area contributed by atoms with E-state index in [9.17, 15) is 18.0 Å². The van der Waals surface area contributed by atoms with Crippen molar-refractivity contribution in [3.05, 3.63) is 83.9 Å². The van der Waals surface area contributed by atoms with Crippen molar-refractivity contribution in [1.82, 2.24) is 34.2 Å². The van der Waals surface area contributed by atoms with E-state index in [4.69, 9.17) is 10.1 Å². The minimum Gasteiger partial charge on any atom is -0.465 e. The number of imidazole rings is 1. The summed E-state index contributed by atoms with van der Waals surface area (Å²) >= 11 is 0. The van der Waals surface area contributed by atoms with E-state index in [1.807, 2.05) is 30.3 Å². The van der Waals surface area contributed by atoms with Crippen molar-refractivity contribution in [2.24, 2.45) is 0 Å². The summed E-state index contributed by atoms with van der Waals surface area (Å²) in [4.78, 5) is 25.6. The summed E-state index contributed by atoms with van der Waals surface area (Å²) in [5.74, 6) is 1.06. The molecule has 0 radical (unpaired) electrons. The molecular formula is C29H26F3N7O2. The van der Waals surface area contributed by atoms with Crippen LogP contribution in [-0.2, 0) is 12.7 Å². The fourth-order valence-corrected chi connectivity index (χ4v) is 5.06. The Balaban J connectivity index is 1.28. The van der Waals surface area contributed by atoms with Crippen LogP contribution in [0.5, 0.6) is 0 Å². The Bertz CT molecular complexity index is 1740. The van der Waals surface area contributed by atoms with Crippen LogP contribution in [-0.4, -0.2) is 58.5 Å². The van der Waals surface area contributed by atoms with E-state index in [0.717, 1.165) is 33.2 Å². The highest BCUT2D eigenvalue weighted by molar-refractivity contribution is 5.76. The summed E-state index contributed by atoms with van der Waals surface area (Å²) in [6.45, 7) is 4.85. The molecule has 5 aromatic rings. The maximum absolute atomic E-state index is 13.5. The first kappa shape index (κ1) is 26.5. The monoisotopic (exact) mass is 561 g/mol. The molecule has 0 unspecified atom stereocenters. The van der Waals surface area contributed by atoms with Gasteiger partial charge in [0.2, 0.25) is 0 Å². The zero-order valence-electron chi connectivity index (χ0n) is 22.2. The summed E-state index contributed by atoms with van der Waals surface area (Å²) in [6.07, 6.45) is -1.30. The predicted molar refractivity (Wildman–Crippen MR) is 145 cm³/mol. The van der Waals surface area contributed by atoms with Crippen molar-refractivity contribution in [3.8, 4) is 22.8 Å². The van der Waals surface area contributed by atoms with Crippen molar-refractivity contribution in [2.45, 2.75) is 38.5 Å². The normalized spacial score (nSPS) is 14.1. The molecule has 0 bridgehead atoms. The molecule has 9 nitrogen and oxygen atoms in total. The Morgan fingerprint density at radius 2 is 1.78 bits per heavy atom. The number of hydrogen-bond acceptors (Lipinski definition) is 5. The molecule has 4 heterocycles. The Morgan fingerprint density at radius 1 is 1.05 bits per heavy atom. The van der Waals surface area contributed by atoms with Crippen LogP contribution in [0.15, 0.2) is 67.1 Å². The molecule has 12 heteroatoms. The van der Waals surface area contributed by atoms with Gasteiger partial charge in [-0.25, -0.2) is 24.4 Å². The number of nitrogens with zero attached hydrogens (tertiary/aromatic N) is 7. The first-order valence-corrected chi connectivity index (χ1v) is 13.1. The Hall–Kier alpha value is -4.74. The van der Waals surface area contributed by atoms with Crippen LogP contribution in [0.3, 0.4) is 0 Å². The first-order chi connectivity index (χ1) is 19.6. The van der Waals surface area contributed by atoms with Crippen LogP contribution in [0.25, 0.3) is 33.8 Å². The molecule has 0 saturated carbocycles. The second-order valence-electron chi connectivity index (χ2n) is 10.4. The van der Waals surface area contributed by atoms with Gasteiger partial charge in [-0.3, -0.25) is 0 Å². The smallest absolute Gasteiger partial charge is 0.434 e. The minimum absolute atomic E-state index is 0.103. The molecule has 0 atom stereocenters. The number of rotatable bonds is 6. The Labute approximate surface area is 232 Å². The maximum Gasteiger partial charge on any atom is 0.434 e. The molecular weight excluding hydrogens is 535 g/mol. The van der Waals surface area contributed by atoms with E-state index in [-0.39, 0.29) is 18.9 Å². The summed E-state index contributed by atoms with van der Waals surface area (Å²) in [5.41, 5.74) is 3.15. The van der Waals surface area contributed by atoms with Crippen LogP contribution in [0.2, 0.25) is 0 Å². The van der Waals surface area contributed by atoms with E-state index in [0.29, 0.717) is 29.5 Å². The lowest BCUT2D eigenvalue weighted by molar-refractivity contribution is -0.141. The molecule has 41 heavy (non-hydrogen) atoms. The highest BCUT2D eigenvalue weighted by atomic mass is 19.4. The van der Waals surface area contributed by atoms with Gasteiger partial charge >= 0.3 is 12.3 Å². The lowest BCUT2D eigenvalue weighted by Gasteiger charge is -2.38. The lowest BCUT2D eigenvalue weighted by atomic mass is 9.97. The third-order valence-electron chi connectivity index (χ3n) is 7.29. The molecule has 1 aliphatic rings. The number of halogens is 3. The van der Waals surface area contributed by atoms with Crippen molar-refractivity contribution in [2.75, 3.05) is 13.1 Å². The Morgan fingerprint density at radius 3 is 2.46 bits per heavy atom. The first-order valence-electron chi connectivity index (χ1n) is 13.1. The molecule has 0 aliphatic carbocycles. The highest BCUT2D eigenvalue weighted by Gasteiger charge is 2.39. The van der Waals surface area contributed by atoms with Crippen LogP contribution < -0.4 is 0 Å². The van der Waals surface area contributed by atoms with E-state index in [2.05, 4.69) is 35.0 Å². The Kier molecular flexibility index (Phi) is 6.47. The van der Waals surface area contributed by atoms with Gasteiger partial charge in [0.25, 0.3) is 0 Å². The average molecular weight is 562 g/mol. The van der Waals surface area contributed by atoms with Gasteiger partial charge in [-0.05, 0) is 17.0 Å². The van der Waals surface area contributed by atoms with E-state index >= 15 is 0 Å². The number of alkyl halides is 3. The number of likely N-dealkylation sites (tertiary alicyclic amines) is 1. The summed E-state index contributed by atoms with van der Waals surface area (Å²) in [6, 6.07) is 14.7. The number of carboxylic acid groups (broad SMARTS) is 1. The highest BCUT2D eigenvalue weighted by Crippen LogP contribution is 2.35. The molecule has 1 fully saturated rings. The number of fused-ring (bicyclic) bond motifs is 1. The topological polar surface area (TPSA) is 102 Å². The molecule has 6 rings (SSSR count). The van der Waals surface area contributed by atoms with Gasteiger partial charge in [0, 0.05) is 36.6 Å². The van der Waals surface area contributed by atoms with E-state index in [1.165, 1.54) is 4.57 Å². The standard InChI is InChI=1S/C29H26F3N7O2/c1-17(2)22-5-3-4-6-23(22)25-33-11-20-12-34-39(27(20)36-25)13-18-7-9-19(10-8-18)26-35-24(29(30,31)32)16-38(26)21-14-37(15-21)28(40)41/h3-12,16-17,21H,13-15H2,1-2H3,(H,40,41). The van der Waals surface area contributed by atoms with Crippen LogP contribution >= 0.6 is 0 Å². The minimum atomic E-state index is -4.62. The average Bonchev–Trinajstić information content (AvgIpc) is 3.53. The van der Waals surface area contributed by atoms with Crippen molar-refractivity contribution in [3.63, 3.8) is 0 Å². The molecule has 0 spiro atoms. The number of benzene rings is 2. The maximum atomic E-state index is 13.5. The van der Waals surface area contributed by atoms with Gasteiger partial charge < -0.3 is 14.6 Å². The van der Waals surface area contributed by atoms with Gasteiger partial charge in [-0.1, -0.05) is 62.4 Å². The number of aromatic nitrogens is 6. The second kappa shape index (κ2) is 10.0. The second-order valence-corrected chi connectivity index (χ2v) is 10.4. The molecule has 2 aromatic carbocycles. The summed E-state index contributed by atoms with van der Waals surface area (Å²) in [5, 5.41) is 14.4. The zero-order chi connectivity index (χ0) is 28.9. The van der Waals surface area contributed by atoms with Crippen molar-refractivity contribution in [1.29, 1.82) is 0 Å². The largest absolute Gasteiger partial charge is 0.465 e. The summed E-state index contributed by atoms with van der Waals surface area (Å²) in [7, 11) is 0. The molecule has 1 N–H and O–H groups in total.